The Kier molecular flexibility index (Phi) is 4.78. The quantitative estimate of drug-likeness (QED) is 0.636. The van der Waals surface area contributed by atoms with Crippen LogP contribution in [0.2, 0.25) is 0 Å². The highest BCUT2D eigenvalue weighted by molar-refractivity contribution is 9.11. The van der Waals surface area contributed by atoms with Crippen LogP contribution in [0.15, 0.2) is 54.7 Å². The average Bonchev–Trinajstić information content (AvgIpc) is 2.35. The van der Waals surface area contributed by atoms with E-state index < -0.39 is 10.0 Å². The molecule has 0 aliphatic heterocycles. The molecule has 0 saturated heterocycles. The minimum absolute atomic E-state index is 0.0293. The van der Waals surface area contributed by atoms with Crippen LogP contribution in [-0.2, 0) is 10.0 Å². The lowest BCUT2D eigenvalue weighted by molar-refractivity contribution is 0.601. The fourth-order valence-corrected chi connectivity index (χ4v) is 4.54. The highest BCUT2D eigenvalue weighted by Crippen LogP contribution is 2.30. The summed E-state index contributed by atoms with van der Waals surface area (Å²) in [5, 5.41) is 0. The number of anilines is 2. The van der Waals surface area contributed by atoms with E-state index in [1.54, 1.807) is 24.3 Å². The first-order valence-electron chi connectivity index (χ1n) is 5.32. The number of nitrogens with one attached hydrogen (secondary N) is 1. The second-order valence-electron chi connectivity index (χ2n) is 3.91. The first kappa shape index (κ1) is 15.8. The first-order valence-corrected chi connectivity index (χ1v) is 9.19. The summed E-state index contributed by atoms with van der Waals surface area (Å²) in [7, 11) is -3.75. The average molecular weight is 485 g/mol. The van der Waals surface area contributed by atoms with Gasteiger partial charge in [-0.3, -0.25) is 4.72 Å². The Morgan fingerprint density at radius 1 is 0.950 bits per heavy atom. The molecule has 0 bridgehead atoms. The lowest BCUT2D eigenvalue weighted by atomic mass is 10.3. The van der Waals surface area contributed by atoms with E-state index in [1.165, 1.54) is 12.1 Å². The molecule has 0 unspecified atom stereocenters. The summed E-state index contributed by atoms with van der Waals surface area (Å²) in [6.07, 6.45) is 0. The maximum atomic E-state index is 12.4. The highest BCUT2D eigenvalue weighted by atomic mass is 79.9. The third-order valence-electron chi connectivity index (χ3n) is 2.44. The van der Waals surface area contributed by atoms with Crippen molar-refractivity contribution in [3.8, 4) is 0 Å². The molecule has 0 heterocycles. The molecule has 2 rings (SSSR count). The zero-order valence-electron chi connectivity index (χ0n) is 9.90. The van der Waals surface area contributed by atoms with Crippen molar-refractivity contribution in [3.63, 3.8) is 0 Å². The van der Waals surface area contributed by atoms with Crippen molar-refractivity contribution in [1.82, 2.24) is 0 Å². The molecule has 3 N–H and O–H groups in total. The maximum Gasteiger partial charge on any atom is 0.264 e. The van der Waals surface area contributed by atoms with E-state index in [0.717, 1.165) is 4.47 Å². The number of nitrogen functional groups attached to an aromatic ring is 1. The number of halogens is 3. The molecule has 0 aliphatic rings. The Balaban J connectivity index is 2.43. The fourth-order valence-electron chi connectivity index (χ4n) is 1.51. The number of hydrogen-bond donors (Lipinski definition) is 2. The summed E-state index contributed by atoms with van der Waals surface area (Å²) in [4.78, 5) is 0.0293. The van der Waals surface area contributed by atoms with Crippen LogP contribution >= 0.6 is 47.8 Å². The van der Waals surface area contributed by atoms with Gasteiger partial charge >= 0.3 is 0 Å². The van der Waals surface area contributed by atoms with Crippen molar-refractivity contribution >= 4 is 69.2 Å². The summed E-state index contributed by atoms with van der Waals surface area (Å²) in [6, 6.07) is 9.83. The van der Waals surface area contributed by atoms with Gasteiger partial charge in [-0.25, -0.2) is 8.42 Å². The fraction of sp³-hybridized carbons (Fsp3) is 0. The molecule has 0 saturated carbocycles. The molecule has 20 heavy (non-hydrogen) atoms. The molecule has 0 aromatic heterocycles. The van der Waals surface area contributed by atoms with Gasteiger partial charge in [-0.1, -0.05) is 31.9 Å². The number of sulfonamides is 1. The van der Waals surface area contributed by atoms with Gasteiger partial charge in [0, 0.05) is 13.4 Å². The Labute approximate surface area is 142 Å². The minimum Gasteiger partial charge on any atom is -0.398 e. The molecule has 8 heteroatoms. The van der Waals surface area contributed by atoms with Gasteiger partial charge in [0.05, 0.1) is 11.4 Å². The second kappa shape index (κ2) is 6.05. The van der Waals surface area contributed by atoms with Gasteiger partial charge < -0.3 is 5.73 Å². The second-order valence-corrected chi connectivity index (χ2v) is 8.25. The zero-order chi connectivity index (χ0) is 14.9. The summed E-state index contributed by atoms with van der Waals surface area (Å²) < 4.78 is 29.3. The molecule has 0 atom stereocenters. The van der Waals surface area contributed by atoms with Gasteiger partial charge in [0.25, 0.3) is 10.0 Å². The zero-order valence-corrected chi connectivity index (χ0v) is 15.5. The van der Waals surface area contributed by atoms with Gasteiger partial charge in [-0.15, -0.1) is 0 Å². The Morgan fingerprint density at radius 3 is 2.20 bits per heavy atom. The van der Waals surface area contributed by atoms with Gasteiger partial charge in [0.2, 0.25) is 0 Å². The van der Waals surface area contributed by atoms with Crippen LogP contribution in [0.1, 0.15) is 0 Å². The number of hydrogen-bond acceptors (Lipinski definition) is 3. The summed E-state index contributed by atoms with van der Waals surface area (Å²) >= 11 is 9.85. The Bertz CT molecular complexity index is 763. The van der Waals surface area contributed by atoms with Crippen LogP contribution in [0.5, 0.6) is 0 Å². The van der Waals surface area contributed by atoms with Gasteiger partial charge in [0.15, 0.2) is 0 Å². The molecule has 0 spiro atoms. The van der Waals surface area contributed by atoms with E-state index in [-0.39, 0.29) is 10.6 Å². The normalized spacial score (nSPS) is 11.3. The standard InChI is InChI=1S/C12H9Br3N2O2S/c13-7-2-4-11(9(15)5-7)17-20(18,19)12-6-8(14)1-3-10(12)16/h1-6,17H,16H2. The van der Waals surface area contributed by atoms with Crippen LogP contribution in [0.3, 0.4) is 0 Å². The SMILES string of the molecule is Nc1ccc(Br)cc1S(=O)(=O)Nc1ccc(Br)cc1Br. The van der Waals surface area contributed by atoms with Crippen molar-refractivity contribution in [1.29, 1.82) is 0 Å². The van der Waals surface area contributed by atoms with Crippen molar-refractivity contribution in [2.45, 2.75) is 4.90 Å². The van der Waals surface area contributed by atoms with Crippen molar-refractivity contribution in [2.24, 2.45) is 0 Å². The largest absolute Gasteiger partial charge is 0.398 e. The molecule has 106 valence electrons. The monoisotopic (exact) mass is 482 g/mol. The lowest BCUT2D eigenvalue weighted by Crippen LogP contribution is -2.15. The molecule has 0 amide bonds. The highest BCUT2D eigenvalue weighted by Gasteiger charge is 2.19. The van der Waals surface area contributed by atoms with Crippen molar-refractivity contribution < 1.29 is 8.42 Å². The number of benzene rings is 2. The third-order valence-corrected chi connectivity index (χ3v) is 5.50. The Hall–Kier alpha value is -0.570. The van der Waals surface area contributed by atoms with Gasteiger partial charge in [-0.2, -0.15) is 0 Å². The lowest BCUT2D eigenvalue weighted by Gasteiger charge is -2.12. The van der Waals surface area contributed by atoms with Crippen LogP contribution in [0.25, 0.3) is 0 Å². The summed E-state index contributed by atoms with van der Waals surface area (Å²) in [5.41, 5.74) is 6.36. The van der Waals surface area contributed by atoms with Gasteiger partial charge in [-0.05, 0) is 52.3 Å². The maximum absolute atomic E-state index is 12.4. The first-order chi connectivity index (χ1) is 9.29. The number of nitrogens with two attached hydrogens (primary N) is 1. The molecular formula is C12H9Br3N2O2S. The molecule has 0 radical (unpaired) electrons. The topological polar surface area (TPSA) is 72.2 Å². The van der Waals surface area contributed by atoms with Crippen molar-refractivity contribution in [3.05, 3.63) is 49.8 Å². The number of rotatable bonds is 3. The van der Waals surface area contributed by atoms with Crippen LogP contribution in [0.4, 0.5) is 11.4 Å². The molecule has 0 fully saturated rings. The molecule has 2 aromatic rings. The minimum atomic E-state index is -3.75. The summed E-state index contributed by atoms with van der Waals surface area (Å²) in [6.45, 7) is 0. The molecule has 4 nitrogen and oxygen atoms in total. The van der Waals surface area contributed by atoms with E-state index in [1.807, 2.05) is 0 Å². The van der Waals surface area contributed by atoms with Crippen molar-refractivity contribution in [2.75, 3.05) is 10.5 Å². The van der Waals surface area contributed by atoms with Crippen LogP contribution in [0, 0.1) is 0 Å². The van der Waals surface area contributed by atoms with E-state index in [9.17, 15) is 8.42 Å². The third kappa shape index (κ3) is 3.55. The van der Waals surface area contributed by atoms with Crippen LogP contribution in [-0.4, -0.2) is 8.42 Å². The van der Waals surface area contributed by atoms with E-state index >= 15 is 0 Å². The van der Waals surface area contributed by atoms with E-state index in [2.05, 4.69) is 52.5 Å². The Morgan fingerprint density at radius 2 is 1.55 bits per heavy atom. The predicted octanol–water partition coefficient (Wildman–Crippen LogP) is 4.36. The van der Waals surface area contributed by atoms with E-state index in [4.69, 9.17) is 5.73 Å². The molecule has 0 aliphatic carbocycles. The summed E-state index contributed by atoms with van der Waals surface area (Å²) in [5.74, 6) is 0. The molecule has 2 aromatic carbocycles. The van der Waals surface area contributed by atoms with Gasteiger partial charge in [0.1, 0.15) is 4.90 Å². The molecular weight excluding hydrogens is 476 g/mol. The van der Waals surface area contributed by atoms with E-state index in [0.29, 0.717) is 14.6 Å². The van der Waals surface area contributed by atoms with Crippen LogP contribution < -0.4 is 10.5 Å². The predicted molar refractivity (Wildman–Crippen MR) is 91.2 cm³/mol. The smallest absolute Gasteiger partial charge is 0.264 e.